The molecule has 0 atom stereocenters. The molecule has 162 valence electrons. The fourth-order valence-corrected chi connectivity index (χ4v) is 5.81. The van der Waals surface area contributed by atoms with Gasteiger partial charge in [0.1, 0.15) is 0 Å². The molecule has 0 saturated heterocycles. The molecule has 2 aromatic heterocycles. The third kappa shape index (κ3) is 2.57. The van der Waals surface area contributed by atoms with E-state index in [0.717, 1.165) is 16.8 Å². The van der Waals surface area contributed by atoms with Crippen molar-refractivity contribution in [3.63, 3.8) is 0 Å². The second-order valence-electron chi connectivity index (χ2n) is 9.22. The number of hydrogen-bond donors (Lipinski definition) is 0. The zero-order chi connectivity index (χ0) is 22.9. The molecule has 2 heterocycles. The van der Waals surface area contributed by atoms with Gasteiger partial charge in [-0.15, -0.1) is 0 Å². The molecule has 1 aliphatic rings. The molecule has 0 spiro atoms. The summed E-state index contributed by atoms with van der Waals surface area (Å²) in [4.78, 5) is 5.14. The van der Waals surface area contributed by atoms with E-state index in [1.54, 1.807) is 0 Å². The van der Waals surface area contributed by atoms with E-state index >= 15 is 0 Å². The van der Waals surface area contributed by atoms with Crippen LogP contribution in [0, 0.1) is 0 Å². The van der Waals surface area contributed by atoms with E-state index < -0.39 is 0 Å². The molecule has 8 rings (SSSR count). The molecule has 0 fully saturated rings. The lowest BCUT2D eigenvalue weighted by Crippen LogP contribution is -1.93. The van der Waals surface area contributed by atoms with Crippen molar-refractivity contribution in [1.82, 2.24) is 9.55 Å². The Bertz CT molecular complexity index is 1940. The number of para-hydroxylation sites is 2. The molecule has 35 heavy (non-hydrogen) atoms. The third-order valence-electron chi connectivity index (χ3n) is 7.33. The second-order valence-corrected chi connectivity index (χ2v) is 9.22. The number of fused-ring (bicyclic) bond motifs is 6. The first kappa shape index (κ1) is 18.7. The Morgan fingerprint density at radius 2 is 1.20 bits per heavy atom. The highest BCUT2D eigenvalue weighted by molar-refractivity contribution is 6.15. The molecule has 0 amide bonds. The number of benzene rings is 5. The summed E-state index contributed by atoms with van der Waals surface area (Å²) >= 11 is 0. The molecular formula is C33H20N2. The maximum Gasteiger partial charge on any atom is 0.0722 e. The normalized spacial score (nSPS) is 12.0. The summed E-state index contributed by atoms with van der Waals surface area (Å²) in [5, 5.41) is 3.78. The molecule has 0 radical (unpaired) electrons. The van der Waals surface area contributed by atoms with Gasteiger partial charge in [0.2, 0.25) is 0 Å². The predicted molar refractivity (Wildman–Crippen MR) is 146 cm³/mol. The summed E-state index contributed by atoms with van der Waals surface area (Å²) in [6, 6.07) is 43.5. The Balaban J connectivity index is 1.42. The number of hydrogen-bond acceptors (Lipinski definition) is 1. The molecule has 2 heteroatoms. The van der Waals surface area contributed by atoms with Gasteiger partial charge in [-0.1, -0.05) is 84.9 Å². The first-order valence-corrected chi connectivity index (χ1v) is 12.0. The topological polar surface area (TPSA) is 17.8 Å². The van der Waals surface area contributed by atoms with Crippen LogP contribution in [0.2, 0.25) is 0 Å². The van der Waals surface area contributed by atoms with Crippen molar-refractivity contribution in [3.8, 4) is 39.2 Å². The fourth-order valence-electron chi connectivity index (χ4n) is 5.81. The van der Waals surface area contributed by atoms with Gasteiger partial charge < -0.3 is 4.57 Å². The zero-order valence-corrected chi connectivity index (χ0v) is 18.9. The van der Waals surface area contributed by atoms with Crippen molar-refractivity contribution < 1.29 is 0 Å². The summed E-state index contributed by atoms with van der Waals surface area (Å²) in [6.45, 7) is 0. The minimum absolute atomic E-state index is 1.01. The Kier molecular flexibility index (Phi) is 3.69. The van der Waals surface area contributed by atoms with Crippen molar-refractivity contribution in [1.29, 1.82) is 0 Å². The van der Waals surface area contributed by atoms with Crippen molar-refractivity contribution in [2.24, 2.45) is 0 Å². The lowest BCUT2D eigenvalue weighted by Gasteiger charge is -2.10. The summed E-state index contributed by atoms with van der Waals surface area (Å²) < 4.78 is 2.36. The van der Waals surface area contributed by atoms with Gasteiger partial charge in [0.15, 0.2) is 0 Å². The van der Waals surface area contributed by atoms with E-state index in [2.05, 4.69) is 126 Å². The smallest absolute Gasteiger partial charge is 0.0722 e. The predicted octanol–water partition coefficient (Wildman–Crippen LogP) is 8.65. The molecular weight excluding hydrogens is 424 g/mol. The lowest BCUT2D eigenvalue weighted by atomic mass is 10.0. The van der Waals surface area contributed by atoms with Gasteiger partial charge in [0.25, 0.3) is 0 Å². The molecule has 0 aliphatic heterocycles. The maximum atomic E-state index is 5.14. The highest BCUT2D eigenvalue weighted by atomic mass is 15.0. The van der Waals surface area contributed by atoms with Crippen LogP contribution >= 0.6 is 0 Å². The molecule has 0 saturated carbocycles. The van der Waals surface area contributed by atoms with E-state index in [1.165, 1.54) is 55.1 Å². The number of rotatable bonds is 2. The van der Waals surface area contributed by atoms with Crippen LogP contribution in [0.25, 0.3) is 71.9 Å². The van der Waals surface area contributed by atoms with Crippen molar-refractivity contribution >= 4 is 32.7 Å². The maximum absolute atomic E-state index is 5.14. The molecule has 0 bridgehead atoms. The average Bonchev–Trinajstić information content (AvgIpc) is 3.43. The zero-order valence-electron chi connectivity index (χ0n) is 18.9. The van der Waals surface area contributed by atoms with Gasteiger partial charge in [-0.3, -0.25) is 0 Å². The monoisotopic (exact) mass is 444 g/mol. The molecule has 0 unspecified atom stereocenters. The lowest BCUT2D eigenvalue weighted by molar-refractivity contribution is 1.18. The van der Waals surface area contributed by atoms with Crippen LogP contribution in [0.15, 0.2) is 121 Å². The third-order valence-corrected chi connectivity index (χ3v) is 7.33. The van der Waals surface area contributed by atoms with Crippen molar-refractivity contribution in [2.45, 2.75) is 0 Å². The standard InChI is InChI=1S/C33H20N2/c1-2-9-22(10-3-1)35-31-16-7-6-13-25(31)26-18-17-21(19-32(26)35)30-20-28-24-12-5-4-11-23(24)27-14-8-15-29(34-30)33(27)28/h1-20H. The quantitative estimate of drug-likeness (QED) is 0.261. The summed E-state index contributed by atoms with van der Waals surface area (Å²) in [5.41, 5.74) is 11.9. The number of pyridine rings is 1. The van der Waals surface area contributed by atoms with Gasteiger partial charge in [-0.05, 0) is 58.7 Å². The first-order chi connectivity index (χ1) is 17.4. The second kappa shape index (κ2) is 6.91. The van der Waals surface area contributed by atoms with E-state index in [0.29, 0.717) is 0 Å². The highest BCUT2D eigenvalue weighted by Crippen LogP contribution is 2.47. The van der Waals surface area contributed by atoms with E-state index in [-0.39, 0.29) is 0 Å². The Morgan fingerprint density at radius 3 is 2.09 bits per heavy atom. The van der Waals surface area contributed by atoms with Crippen molar-refractivity contribution in [3.05, 3.63) is 121 Å². The molecule has 1 aliphatic carbocycles. The Hall–Kier alpha value is -4.69. The van der Waals surface area contributed by atoms with E-state index in [1.807, 2.05) is 0 Å². The van der Waals surface area contributed by atoms with Gasteiger partial charge in [-0.25, -0.2) is 4.98 Å². The summed E-state index contributed by atoms with van der Waals surface area (Å²) in [5.74, 6) is 0. The van der Waals surface area contributed by atoms with Crippen molar-refractivity contribution in [2.75, 3.05) is 0 Å². The number of nitrogens with zero attached hydrogens (tertiary/aromatic N) is 2. The summed E-state index contributed by atoms with van der Waals surface area (Å²) in [7, 11) is 0. The van der Waals surface area contributed by atoms with E-state index in [9.17, 15) is 0 Å². The number of aromatic nitrogens is 2. The molecule has 7 aromatic rings. The van der Waals surface area contributed by atoms with Crippen LogP contribution in [0.1, 0.15) is 0 Å². The summed E-state index contributed by atoms with van der Waals surface area (Å²) in [6.07, 6.45) is 0. The Labute approximate surface area is 202 Å². The van der Waals surface area contributed by atoms with Crippen LogP contribution in [-0.4, -0.2) is 9.55 Å². The SMILES string of the molecule is c1ccc(-n2c3ccccc3c3ccc(-c4cc5c6c(cccc6n4)-c4ccccc4-5)cc32)cc1. The fraction of sp³-hybridized carbons (Fsp3) is 0. The van der Waals surface area contributed by atoms with Crippen LogP contribution in [-0.2, 0) is 0 Å². The molecule has 5 aromatic carbocycles. The molecule has 2 nitrogen and oxygen atoms in total. The first-order valence-electron chi connectivity index (χ1n) is 12.0. The molecule has 0 N–H and O–H groups in total. The van der Waals surface area contributed by atoms with Crippen LogP contribution in [0.4, 0.5) is 0 Å². The van der Waals surface area contributed by atoms with E-state index in [4.69, 9.17) is 4.98 Å². The van der Waals surface area contributed by atoms with Gasteiger partial charge in [-0.2, -0.15) is 0 Å². The average molecular weight is 445 g/mol. The minimum atomic E-state index is 1.01. The van der Waals surface area contributed by atoms with Crippen LogP contribution in [0.5, 0.6) is 0 Å². The van der Waals surface area contributed by atoms with Gasteiger partial charge >= 0.3 is 0 Å². The Morgan fingerprint density at radius 1 is 0.486 bits per heavy atom. The van der Waals surface area contributed by atoms with Crippen LogP contribution in [0.3, 0.4) is 0 Å². The van der Waals surface area contributed by atoms with Gasteiger partial charge in [0.05, 0.1) is 22.2 Å². The minimum Gasteiger partial charge on any atom is -0.309 e. The highest BCUT2D eigenvalue weighted by Gasteiger charge is 2.22. The van der Waals surface area contributed by atoms with Crippen LogP contribution < -0.4 is 0 Å². The largest absolute Gasteiger partial charge is 0.309 e. The van der Waals surface area contributed by atoms with Gasteiger partial charge in [0, 0.05) is 27.4 Å².